The molecular weight excluding hydrogens is 400 g/mol. The molecule has 0 radical (unpaired) electrons. The third-order valence-corrected chi connectivity index (χ3v) is 5.09. The first-order chi connectivity index (χ1) is 15.1. The number of carbonyl (C=O) groups is 1. The Hall–Kier alpha value is -3.52. The molecule has 1 amide bonds. The van der Waals surface area contributed by atoms with Gasteiger partial charge in [-0.25, -0.2) is 4.99 Å². The van der Waals surface area contributed by atoms with Crippen LogP contribution in [0.25, 0.3) is 11.0 Å². The number of methoxy groups -OCH3 is 2. The lowest BCUT2D eigenvalue weighted by atomic mass is 10.1. The number of nitrogens with one attached hydrogen (secondary N) is 1. The van der Waals surface area contributed by atoms with Crippen molar-refractivity contribution in [3.05, 3.63) is 53.6 Å². The first-order valence-corrected chi connectivity index (χ1v) is 10.0. The average molecular weight is 424 g/mol. The van der Waals surface area contributed by atoms with E-state index in [2.05, 4.69) is 10.3 Å². The predicted molar refractivity (Wildman–Crippen MR) is 114 cm³/mol. The van der Waals surface area contributed by atoms with Gasteiger partial charge in [0, 0.05) is 30.7 Å². The lowest BCUT2D eigenvalue weighted by Crippen LogP contribution is -2.34. The van der Waals surface area contributed by atoms with Gasteiger partial charge < -0.3 is 29.1 Å². The maximum absolute atomic E-state index is 13.0. The van der Waals surface area contributed by atoms with Crippen molar-refractivity contribution in [2.75, 3.05) is 27.4 Å². The lowest BCUT2D eigenvalue weighted by molar-refractivity contribution is 0.0854. The van der Waals surface area contributed by atoms with Crippen molar-refractivity contribution < 1.29 is 28.5 Å². The van der Waals surface area contributed by atoms with E-state index in [-0.39, 0.29) is 28.9 Å². The van der Waals surface area contributed by atoms with Crippen LogP contribution in [0.1, 0.15) is 23.2 Å². The van der Waals surface area contributed by atoms with E-state index in [4.69, 9.17) is 18.6 Å². The van der Waals surface area contributed by atoms with Gasteiger partial charge in [0.25, 0.3) is 5.91 Å². The van der Waals surface area contributed by atoms with E-state index >= 15 is 0 Å². The van der Waals surface area contributed by atoms with Gasteiger partial charge in [-0.1, -0.05) is 0 Å². The summed E-state index contributed by atoms with van der Waals surface area (Å²) in [6, 6.07) is 11.6. The molecule has 3 aromatic rings. The summed E-state index contributed by atoms with van der Waals surface area (Å²) in [6.07, 6.45) is 1.93. The molecule has 1 aliphatic heterocycles. The van der Waals surface area contributed by atoms with E-state index in [0.29, 0.717) is 34.7 Å². The van der Waals surface area contributed by atoms with Gasteiger partial charge in [0.2, 0.25) is 5.55 Å². The second kappa shape index (κ2) is 9.09. The average Bonchev–Trinajstić information content (AvgIpc) is 3.30. The standard InChI is InChI=1S/C23H24N2O6/c1-28-19-8-6-15(11-21(19)29-2)25-23-18(22(27)24-13-17-4-3-9-30-17)10-14-5-7-16(26)12-20(14)31-23/h5-8,10-12,17,26H,3-4,9,13H2,1-2H3,(H,24,27)/t17-/m1/s1. The number of hydrogen-bond acceptors (Lipinski definition) is 7. The van der Waals surface area contributed by atoms with Crippen molar-refractivity contribution in [1.82, 2.24) is 5.32 Å². The summed E-state index contributed by atoms with van der Waals surface area (Å²) in [6.45, 7) is 1.14. The zero-order chi connectivity index (χ0) is 21.8. The van der Waals surface area contributed by atoms with Crippen LogP contribution in [0.3, 0.4) is 0 Å². The smallest absolute Gasteiger partial charge is 0.256 e. The zero-order valence-electron chi connectivity index (χ0n) is 17.4. The number of aromatic hydroxyl groups is 1. The largest absolute Gasteiger partial charge is 0.508 e. The van der Waals surface area contributed by atoms with E-state index in [1.54, 1.807) is 37.4 Å². The minimum absolute atomic E-state index is 0.0181. The lowest BCUT2D eigenvalue weighted by Gasteiger charge is -2.11. The fourth-order valence-electron chi connectivity index (χ4n) is 3.47. The summed E-state index contributed by atoms with van der Waals surface area (Å²) >= 11 is 0. The van der Waals surface area contributed by atoms with Gasteiger partial charge in [-0.15, -0.1) is 0 Å². The Morgan fingerprint density at radius 3 is 2.74 bits per heavy atom. The molecule has 8 heteroatoms. The van der Waals surface area contributed by atoms with Crippen molar-refractivity contribution >= 4 is 22.6 Å². The number of ether oxygens (including phenoxy) is 3. The van der Waals surface area contributed by atoms with Crippen molar-refractivity contribution in [3.63, 3.8) is 0 Å². The van der Waals surface area contributed by atoms with Crippen LogP contribution in [0.2, 0.25) is 0 Å². The van der Waals surface area contributed by atoms with Crippen LogP contribution in [0.5, 0.6) is 17.2 Å². The SMILES string of the molecule is COc1ccc(N=c2oc3cc(O)ccc3cc2C(=O)NC[C@H]2CCCO2)cc1OC. The van der Waals surface area contributed by atoms with Crippen LogP contribution in [-0.2, 0) is 4.74 Å². The first-order valence-electron chi connectivity index (χ1n) is 10.0. The van der Waals surface area contributed by atoms with Crippen LogP contribution in [0, 0.1) is 0 Å². The number of phenols is 1. The summed E-state index contributed by atoms with van der Waals surface area (Å²) in [4.78, 5) is 17.5. The number of nitrogens with zero attached hydrogens (tertiary/aromatic N) is 1. The molecule has 0 bridgehead atoms. The van der Waals surface area contributed by atoms with Crippen LogP contribution < -0.4 is 20.3 Å². The van der Waals surface area contributed by atoms with E-state index in [9.17, 15) is 9.90 Å². The molecule has 2 heterocycles. The van der Waals surface area contributed by atoms with E-state index in [1.807, 2.05) is 0 Å². The Morgan fingerprint density at radius 1 is 1.16 bits per heavy atom. The van der Waals surface area contributed by atoms with Gasteiger partial charge >= 0.3 is 0 Å². The molecule has 31 heavy (non-hydrogen) atoms. The molecule has 162 valence electrons. The Bertz CT molecular complexity index is 1160. The fraction of sp³-hybridized carbons (Fsp3) is 0.304. The third kappa shape index (κ3) is 4.64. The number of phenolic OH excluding ortho intramolecular Hbond substituents is 1. The van der Waals surface area contributed by atoms with Gasteiger partial charge in [-0.2, -0.15) is 0 Å². The molecule has 1 aromatic heterocycles. The number of benzene rings is 2. The second-order valence-corrected chi connectivity index (χ2v) is 7.18. The quantitative estimate of drug-likeness (QED) is 0.630. The maximum atomic E-state index is 13.0. The number of rotatable bonds is 6. The Morgan fingerprint density at radius 2 is 2.00 bits per heavy atom. The minimum atomic E-state index is -0.312. The summed E-state index contributed by atoms with van der Waals surface area (Å²) in [5.74, 6) is 0.820. The second-order valence-electron chi connectivity index (χ2n) is 7.18. The monoisotopic (exact) mass is 424 g/mol. The van der Waals surface area contributed by atoms with Gasteiger partial charge in [-0.05, 0) is 43.2 Å². The molecule has 0 saturated carbocycles. The highest BCUT2D eigenvalue weighted by Gasteiger charge is 2.19. The molecule has 1 atom stereocenters. The van der Waals surface area contributed by atoms with Gasteiger partial charge in [0.1, 0.15) is 16.9 Å². The molecule has 1 fully saturated rings. The zero-order valence-corrected chi connectivity index (χ0v) is 17.4. The minimum Gasteiger partial charge on any atom is -0.508 e. The highest BCUT2D eigenvalue weighted by atomic mass is 16.5. The number of hydrogen-bond donors (Lipinski definition) is 2. The third-order valence-electron chi connectivity index (χ3n) is 5.09. The highest BCUT2D eigenvalue weighted by molar-refractivity contribution is 5.96. The van der Waals surface area contributed by atoms with E-state index in [1.165, 1.54) is 19.2 Å². The molecule has 4 rings (SSSR count). The van der Waals surface area contributed by atoms with Gasteiger partial charge in [0.05, 0.1) is 26.0 Å². The molecule has 2 aromatic carbocycles. The molecule has 1 saturated heterocycles. The molecular formula is C23H24N2O6. The fourth-order valence-corrected chi connectivity index (χ4v) is 3.47. The van der Waals surface area contributed by atoms with E-state index in [0.717, 1.165) is 19.4 Å². The summed E-state index contributed by atoms with van der Waals surface area (Å²) in [7, 11) is 3.09. The molecule has 2 N–H and O–H groups in total. The van der Waals surface area contributed by atoms with Crippen molar-refractivity contribution in [2.45, 2.75) is 18.9 Å². The predicted octanol–water partition coefficient (Wildman–Crippen LogP) is 3.30. The Labute approximate surface area is 179 Å². The molecule has 8 nitrogen and oxygen atoms in total. The molecule has 0 aliphatic carbocycles. The summed E-state index contributed by atoms with van der Waals surface area (Å²) in [5.41, 5.74) is 1.34. The van der Waals surface area contributed by atoms with Crippen LogP contribution in [-0.4, -0.2) is 44.5 Å². The first kappa shape index (κ1) is 20.7. The van der Waals surface area contributed by atoms with Crippen molar-refractivity contribution in [2.24, 2.45) is 4.99 Å². The Kier molecular flexibility index (Phi) is 6.08. The van der Waals surface area contributed by atoms with Gasteiger partial charge in [-0.3, -0.25) is 4.79 Å². The molecule has 0 spiro atoms. The maximum Gasteiger partial charge on any atom is 0.256 e. The number of carbonyl (C=O) groups excluding carboxylic acids is 1. The topological polar surface area (TPSA) is 103 Å². The van der Waals surface area contributed by atoms with E-state index < -0.39 is 0 Å². The Balaban J connectivity index is 1.76. The number of amides is 1. The van der Waals surface area contributed by atoms with Gasteiger partial charge in [0.15, 0.2) is 11.5 Å². The molecule has 0 unspecified atom stereocenters. The summed E-state index contributed by atoms with van der Waals surface area (Å²) < 4.78 is 22.1. The van der Waals surface area contributed by atoms with Crippen molar-refractivity contribution in [3.8, 4) is 17.2 Å². The molecule has 1 aliphatic rings. The van der Waals surface area contributed by atoms with Crippen molar-refractivity contribution in [1.29, 1.82) is 0 Å². The van der Waals surface area contributed by atoms with Crippen LogP contribution >= 0.6 is 0 Å². The number of fused-ring (bicyclic) bond motifs is 1. The normalized spacial score (nSPS) is 16.5. The van der Waals surface area contributed by atoms with Crippen LogP contribution in [0.15, 0.2) is 51.9 Å². The summed E-state index contributed by atoms with van der Waals surface area (Å²) in [5, 5.41) is 13.4. The highest BCUT2D eigenvalue weighted by Crippen LogP contribution is 2.31. The van der Waals surface area contributed by atoms with Crippen LogP contribution in [0.4, 0.5) is 5.69 Å².